The van der Waals surface area contributed by atoms with Crippen molar-refractivity contribution in [3.63, 3.8) is 0 Å². The number of carbonyl (C=O) groups is 1. The monoisotopic (exact) mass is 318 g/mol. The van der Waals surface area contributed by atoms with Crippen LogP contribution in [0.25, 0.3) is 5.69 Å². The summed E-state index contributed by atoms with van der Waals surface area (Å²) in [6, 6.07) is 15.8. The highest BCUT2D eigenvalue weighted by Gasteiger charge is 2.26. The zero-order chi connectivity index (χ0) is 16.5. The lowest BCUT2D eigenvalue weighted by Gasteiger charge is -2.30. The first kappa shape index (κ1) is 14.6. The Kier molecular flexibility index (Phi) is 3.61. The molecule has 5 nitrogen and oxygen atoms in total. The molecule has 5 heteroatoms. The average molecular weight is 318 g/mol. The number of para-hydroxylation sites is 2. The molecule has 4 rings (SSSR count). The van der Waals surface area contributed by atoms with Crippen molar-refractivity contribution in [2.24, 2.45) is 0 Å². The fourth-order valence-electron chi connectivity index (χ4n) is 3.24. The molecule has 0 saturated carbocycles. The van der Waals surface area contributed by atoms with Crippen molar-refractivity contribution in [2.45, 2.75) is 19.8 Å². The zero-order valence-corrected chi connectivity index (χ0v) is 13.5. The van der Waals surface area contributed by atoms with E-state index in [1.165, 1.54) is 10.4 Å². The van der Waals surface area contributed by atoms with Crippen LogP contribution in [0.3, 0.4) is 0 Å². The maximum atomic E-state index is 13.0. The summed E-state index contributed by atoms with van der Waals surface area (Å²) in [5.74, 6) is -0.0903. The predicted molar refractivity (Wildman–Crippen MR) is 92.5 cm³/mol. The predicted octanol–water partition coefficient (Wildman–Crippen LogP) is 3.17. The van der Waals surface area contributed by atoms with Gasteiger partial charge in [-0.2, -0.15) is 9.90 Å². The van der Waals surface area contributed by atoms with Gasteiger partial charge in [-0.1, -0.05) is 36.4 Å². The first-order chi connectivity index (χ1) is 11.7. The van der Waals surface area contributed by atoms with Gasteiger partial charge >= 0.3 is 0 Å². The van der Waals surface area contributed by atoms with Gasteiger partial charge in [-0.25, -0.2) is 0 Å². The maximum absolute atomic E-state index is 13.0. The Morgan fingerprint density at radius 2 is 1.92 bits per heavy atom. The smallest absolute Gasteiger partial charge is 0.280 e. The number of anilines is 1. The molecule has 0 atom stereocenters. The van der Waals surface area contributed by atoms with E-state index in [4.69, 9.17) is 0 Å². The third-order valence-electron chi connectivity index (χ3n) is 4.36. The van der Waals surface area contributed by atoms with Crippen molar-refractivity contribution in [1.82, 2.24) is 15.0 Å². The number of hydrogen-bond acceptors (Lipinski definition) is 3. The van der Waals surface area contributed by atoms with E-state index in [0.29, 0.717) is 5.69 Å². The molecule has 0 N–H and O–H groups in total. The normalized spacial score (nSPS) is 13.6. The number of rotatable bonds is 2. The SMILES string of the molecule is Cc1cccc2c1N(C(=O)c1cnn(-c3ccccc3)n1)CCC2. The lowest BCUT2D eigenvalue weighted by atomic mass is 9.98. The fraction of sp³-hybridized carbons (Fsp3) is 0.211. The van der Waals surface area contributed by atoms with Gasteiger partial charge in [0.25, 0.3) is 5.91 Å². The molecule has 120 valence electrons. The Labute approximate surface area is 140 Å². The van der Waals surface area contributed by atoms with E-state index in [1.807, 2.05) is 54.3 Å². The second-order valence-corrected chi connectivity index (χ2v) is 6.00. The van der Waals surface area contributed by atoms with Crippen LogP contribution in [0.15, 0.2) is 54.7 Å². The molecule has 24 heavy (non-hydrogen) atoms. The standard InChI is InChI=1S/C19H18N4O/c1-14-7-5-8-15-9-6-12-22(18(14)15)19(24)17-13-20-23(21-17)16-10-3-2-4-11-16/h2-5,7-8,10-11,13H,6,9,12H2,1H3. The molecule has 1 aromatic heterocycles. The Balaban J connectivity index is 1.68. The molecule has 2 heterocycles. The number of aryl methyl sites for hydroxylation is 2. The molecule has 0 unspecified atom stereocenters. The Morgan fingerprint density at radius 3 is 2.75 bits per heavy atom. The average Bonchev–Trinajstić information content (AvgIpc) is 3.12. The highest BCUT2D eigenvalue weighted by Crippen LogP contribution is 2.31. The van der Waals surface area contributed by atoms with Crippen molar-refractivity contribution in [3.8, 4) is 5.69 Å². The molecule has 1 aliphatic heterocycles. The van der Waals surface area contributed by atoms with Crippen LogP contribution in [0.1, 0.15) is 28.0 Å². The fourth-order valence-corrected chi connectivity index (χ4v) is 3.24. The van der Waals surface area contributed by atoms with E-state index in [2.05, 4.69) is 16.3 Å². The summed E-state index contributed by atoms with van der Waals surface area (Å²) in [6.45, 7) is 2.76. The van der Waals surface area contributed by atoms with E-state index in [1.54, 1.807) is 6.20 Å². The molecule has 0 bridgehead atoms. The third-order valence-corrected chi connectivity index (χ3v) is 4.36. The van der Waals surface area contributed by atoms with Crippen LogP contribution in [0.2, 0.25) is 0 Å². The molecule has 1 amide bonds. The minimum Gasteiger partial charge on any atom is -0.306 e. The summed E-state index contributed by atoms with van der Waals surface area (Å²) < 4.78 is 0. The molecular weight excluding hydrogens is 300 g/mol. The highest BCUT2D eigenvalue weighted by molar-refractivity contribution is 6.05. The van der Waals surface area contributed by atoms with Gasteiger partial charge in [0.05, 0.1) is 17.6 Å². The quantitative estimate of drug-likeness (QED) is 0.729. The highest BCUT2D eigenvalue weighted by atomic mass is 16.2. The summed E-state index contributed by atoms with van der Waals surface area (Å²) >= 11 is 0. The summed E-state index contributed by atoms with van der Waals surface area (Å²) in [6.07, 6.45) is 3.52. The second kappa shape index (κ2) is 5.92. The van der Waals surface area contributed by atoms with Crippen molar-refractivity contribution >= 4 is 11.6 Å². The molecule has 0 saturated heterocycles. The lowest BCUT2D eigenvalue weighted by Crippen LogP contribution is -2.36. The van der Waals surface area contributed by atoms with Crippen molar-refractivity contribution in [1.29, 1.82) is 0 Å². The minimum atomic E-state index is -0.0903. The first-order valence-electron chi connectivity index (χ1n) is 8.12. The molecule has 0 spiro atoms. The summed E-state index contributed by atoms with van der Waals surface area (Å²) in [5.41, 5.74) is 4.59. The molecule has 1 aliphatic rings. The minimum absolute atomic E-state index is 0.0903. The van der Waals surface area contributed by atoms with Crippen LogP contribution >= 0.6 is 0 Å². The Bertz CT molecular complexity index is 885. The van der Waals surface area contributed by atoms with E-state index < -0.39 is 0 Å². The van der Waals surface area contributed by atoms with Crippen LogP contribution in [-0.4, -0.2) is 27.4 Å². The van der Waals surface area contributed by atoms with Gasteiger partial charge in [0.1, 0.15) is 0 Å². The van der Waals surface area contributed by atoms with Gasteiger partial charge in [-0.15, -0.1) is 5.10 Å². The summed E-state index contributed by atoms with van der Waals surface area (Å²) in [5, 5.41) is 8.61. The van der Waals surface area contributed by atoms with Crippen LogP contribution in [0, 0.1) is 6.92 Å². The maximum Gasteiger partial charge on any atom is 0.280 e. The first-order valence-corrected chi connectivity index (χ1v) is 8.12. The second-order valence-electron chi connectivity index (χ2n) is 6.00. The topological polar surface area (TPSA) is 51.0 Å². The number of nitrogens with zero attached hydrogens (tertiary/aromatic N) is 4. The van der Waals surface area contributed by atoms with Crippen molar-refractivity contribution < 1.29 is 4.79 Å². The van der Waals surface area contributed by atoms with Gasteiger partial charge in [0.15, 0.2) is 5.69 Å². The molecular formula is C19H18N4O. The van der Waals surface area contributed by atoms with Crippen molar-refractivity contribution in [2.75, 3.05) is 11.4 Å². The van der Waals surface area contributed by atoms with Gasteiger partial charge < -0.3 is 4.90 Å². The zero-order valence-electron chi connectivity index (χ0n) is 13.5. The Morgan fingerprint density at radius 1 is 1.08 bits per heavy atom. The van der Waals surface area contributed by atoms with Crippen molar-refractivity contribution in [3.05, 3.63) is 71.5 Å². The molecule has 3 aromatic rings. The Hall–Kier alpha value is -2.95. The van der Waals surface area contributed by atoms with Gasteiger partial charge in [0.2, 0.25) is 0 Å². The molecule has 0 aliphatic carbocycles. The molecule has 0 radical (unpaired) electrons. The van der Waals surface area contributed by atoms with Gasteiger partial charge in [0, 0.05) is 6.54 Å². The number of carbonyl (C=O) groups excluding carboxylic acids is 1. The lowest BCUT2D eigenvalue weighted by molar-refractivity contribution is 0.0979. The number of amides is 1. The van der Waals surface area contributed by atoms with E-state index in [0.717, 1.165) is 36.3 Å². The van der Waals surface area contributed by atoms with Crippen LogP contribution in [0.4, 0.5) is 5.69 Å². The summed E-state index contributed by atoms with van der Waals surface area (Å²) in [7, 11) is 0. The van der Waals surface area contributed by atoms with Gasteiger partial charge in [-0.05, 0) is 43.0 Å². The van der Waals surface area contributed by atoms with Crippen LogP contribution in [-0.2, 0) is 6.42 Å². The molecule has 0 fully saturated rings. The largest absolute Gasteiger partial charge is 0.306 e. The number of fused-ring (bicyclic) bond motifs is 1. The van der Waals surface area contributed by atoms with Crippen LogP contribution in [0.5, 0.6) is 0 Å². The third kappa shape index (κ3) is 2.48. The number of aromatic nitrogens is 3. The van der Waals surface area contributed by atoms with Gasteiger partial charge in [-0.3, -0.25) is 4.79 Å². The number of benzene rings is 2. The summed E-state index contributed by atoms with van der Waals surface area (Å²) in [4.78, 5) is 16.3. The number of hydrogen-bond donors (Lipinski definition) is 0. The van der Waals surface area contributed by atoms with Crippen LogP contribution < -0.4 is 4.90 Å². The molecule has 2 aromatic carbocycles. The van der Waals surface area contributed by atoms with E-state index in [9.17, 15) is 4.79 Å². The van der Waals surface area contributed by atoms with E-state index >= 15 is 0 Å². The van der Waals surface area contributed by atoms with E-state index in [-0.39, 0.29) is 5.91 Å².